The molecule has 128 valence electrons. The summed E-state index contributed by atoms with van der Waals surface area (Å²) in [5.74, 6) is 0.949. The van der Waals surface area contributed by atoms with E-state index in [0.717, 1.165) is 11.4 Å². The summed E-state index contributed by atoms with van der Waals surface area (Å²) in [7, 11) is 0. The van der Waals surface area contributed by atoms with Crippen molar-refractivity contribution in [1.82, 2.24) is 0 Å². The fourth-order valence-electron chi connectivity index (χ4n) is 4.44. The molecule has 26 heavy (non-hydrogen) atoms. The van der Waals surface area contributed by atoms with Gasteiger partial charge in [-0.15, -0.1) is 0 Å². The number of fused-ring (bicyclic) bond motifs is 3. The van der Waals surface area contributed by atoms with E-state index in [1.54, 1.807) is 0 Å². The van der Waals surface area contributed by atoms with E-state index in [9.17, 15) is 0 Å². The lowest BCUT2D eigenvalue weighted by Crippen LogP contribution is -2.29. The van der Waals surface area contributed by atoms with Crippen molar-refractivity contribution in [2.75, 3.05) is 5.32 Å². The number of anilines is 1. The molecule has 3 aromatic carbocycles. The van der Waals surface area contributed by atoms with Gasteiger partial charge in [0.1, 0.15) is 0 Å². The molecule has 0 aromatic heterocycles. The topological polar surface area (TPSA) is 12.0 Å². The summed E-state index contributed by atoms with van der Waals surface area (Å²) >= 11 is 6.52. The predicted molar refractivity (Wildman–Crippen MR) is 110 cm³/mol. The molecule has 1 aliphatic heterocycles. The summed E-state index contributed by atoms with van der Waals surface area (Å²) in [6.45, 7) is 0. The second-order valence-electron chi connectivity index (χ2n) is 7.17. The zero-order chi connectivity index (χ0) is 17.5. The van der Waals surface area contributed by atoms with Crippen LogP contribution in [0.3, 0.4) is 0 Å². The minimum Gasteiger partial charge on any atom is -0.378 e. The molecule has 1 aliphatic carbocycles. The first-order valence-corrected chi connectivity index (χ1v) is 9.56. The first-order valence-electron chi connectivity index (χ1n) is 9.18. The molecule has 0 bridgehead atoms. The Morgan fingerprint density at radius 1 is 0.808 bits per heavy atom. The van der Waals surface area contributed by atoms with Gasteiger partial charge in [0.15, 0.2) is 0 Å². The Balaban J connectivity index is 1.59. The van der Waals surface area contributed by atoms with Gasteiger partial charge in [-0.05, 0) is 52.8 Å². The maximum atomic E-state index is 6.52. The maximum absolute atomic E-state index is 6.52. The predicted octanol–water partition coefficient (Wildman–Crippen LogP) is 6.83. The number of benzene rings is 3. The summed E-state index contributed by atoms with van der Waals surface area (Å²) in [5.41, 5.74) is 6.37. The summed E-state index contributed by atoms with van der Waals surface area (Å²) < 4.78 is 0. The molecule has 3 atom stereocenters. The summed E-state index contributed by atoms with van der Waals surface area (Å²) in [6, 6.07) is 25.9. The zero-order valence-electron chi connectivity index (χ0n) is 14.4. The molecule has 1 nitrogen and oxygen atoms in total. The molecule has 5 rings (SSSR count). The van der Waals surface area contributed by atoms with Crippen molar-refractivity contribution in [3.8, 4) is 11.1 Å². The van der Waals surface area contributed by atoms with Crippen LogP contribution in [0.15, 0.2) is 84.9 Å². The van der Waals surface area contributed by atoms with E-state index in [4.69, 9.17) is 11.6 Å². The van der Waals surface area contributed by atoms with Gasteiger partial charge in [0, 0.05) is 16.6 Å². The Morgan fingerprint density at radius 3 is 2.46 bits per heavy atom. The first kappa shape index (κ1) is 15.7. The molecule has 0 spiro atoms. The minimum atomic E-state index is 0.249. The zero-order valence-corrected chi connectivity index (χ0v) is 15.2. The third-order valence-electron chi connectivity index (χ3n) is 5.71. The number of nitrogens with one attached hydrogen (secondary N) is 1. The third kappa shape index (κ3) is 2.55. The van der Waals surface area contributed by atoms with Gasteiger partial charge in [0.2, 0.25) is 0 Å². The molecule has 1 heterocycles. The number of halogens is 1. The van der Waals surface area contributed by atoms with Crippen LogP contribution in [-0.2, 0) is 0 Å². The van der Waals surface area contributed by atoms with Gasteiger partial charge in [0.25, 0.3) is 0 Å². The molecule has 1 N–H and O–H groups in total. The van der Waals surface area contributed by atoms with Crippen LogP contribution in [0.2, 0.25) is 5.02 Å². The van der Waals surface area contributed by atoms with E-state index < -0.39 is 0 Å². The molecular formula is C24H20ClN. The van der Waals surface area contributed by atoms with Crippen molar-refractivity contribution >= 4 is 17.3 Å². The van der Waals surface area contributed by atoms with Gasteiger partial charge in [-0.3, -0.25) is 0 Å². The van der Waals surface area contributed by atoms with E-state index in [1.165, 1.54) is 27.9 Å². The standard InChI is InChI=1S/C24H20ClN/c25-22-12-5-4-9-20(22)24-19-11-6-10-18(19)21-15-17(13-14-23(21)26-24)16-7-2-1-3-8-16/h1-10,12-15,18-19,24,26H,11H2/t18-,19+,24-/m1/s1. The lowest BCUT2D eigenvalue weighted by molar-refractivity contribution is 0.426. The molecule has 0 saturated carbocycles. The molecule has 0 fully saturated rings. The Labute approximate surface area is 159 Å². The highest BCUT2D eigenvalue weighted by Crippen LogP contribution is 2.51. The molecule has 2 aliphatic rings. The Morgan fingerprint density at radius 2 is 1.62 bits per heavy atom. The second kappa shape index (κ2) is 6.34. The van der Waals surface area contributed by atoms with Crippen LogP contribution in [0.5, 0.6) is 0 Å². The van der Waals surface area contributed by atoms with Crippen LogP contribution in [0, 0.1) is 5.92 Å². The fourth-order valence-corrected chi connectivity index (χ4v) is 4.69. The lowest BCUT2D eigenvalue weighted by atomic mass is 9.76. The van der Waals surface area contributed by atoms with Crippen LogP contribution in [0.1, 0.15) is 29.5 Å². The Hall–Kier alpha value is -2.51. The monoisotopic (exact) mass is 357 g/mol. The van der Waals surface area contributed by atoms with Gasteiger partial charge >= 0.3 is 0 Å². The van der Waals surface area contributed by atoms with Gasteiger partial charge in [0.05, 0.1) is 6.04 Å². The largest absolute Gasteiger partial charge is 0.378 e. The smallest absolute Gasteiger partial charge is 0.0568 e. The SMILES string of the molecule is Clc1ccccc1[C@@H]1Nc2ccc(-c3ccccc3)cc2[C@@H]2C=CC[C@@H]21. The molecule has 3 aromatic rings. The van der Waals surface area contributed by atoms with E-state index in [2.05, 4.69) is 78.1 Å². The highest BCUT2D eigenvalue weighted by molar-refractivity contribution is 6.31. The number of hydrogen-bond donors (Lipinski definition) is 1. The molecule has 2 heteroatoms. The van der Waals surface area contributed by atoms with Crippen molar-refractivity contribution in [2.24, 2.45) is 5.92 Å². The van der Waals surface area contributed by atoms with Gasteiger partial charge in [-0.25, -0.2) is 0 Å². The summed E-state index contributed by atoms with van der Waals surface area (Å²) in [5, 5.41) is 4.63. The highest BCUT2D eigenvalue weighted by Gasteiger charge is 2.38. The average Bonchev–Trinajstić information content (AvgIpc) is 3.18. The van der Waals surface area contributed by atoms with Crippen molar-refractivity contribution < 1.29 is 0 Å². The first-order chi connectivity index (χ1) is 12.8. The van der Waals surface area contributed by atoms with Gasteiger partial charge in [-0.1, -0.05) is 78.4 Å². The third-order valence-corrected chi connectivity index (χ3v) is 6.05. The summed E-state index contributed by atoms with van der Waals surface area (Å²) in [4.78, 5) is 0. The van der Waals surface area contributed by atoms with Crippen LogP contribution in [0.4, 0.5) is 5.69 Å². The Kier molecular flexibility index (Phi) is 3.83. The van der Waals surface area contributed by atoms with E-state index >= 15 is 0 Å². The van der Waals surface area contributed by atoms with Gasteiger partial charge < -0.3 is 5.32 Å². The molecule has 0 amide bonds. The number of hydrogen-bond acceptors (Lipinski definition) is 1. The fraction of sp³-hybridized carbons (Fsp3) is 0.167. The van der Waals surface area contributed by atoms with E-state index in [-0.39, 0.29) is 6.04 Å². The normalized spacial score (nSPS) is 23.2. The van der Waals surface area contributed by atoms with Crippen LogP contribution < -0.4 is 5.32 Å². The minimum absolute atomic E-state index is 0.249. The van der Waals surface area contributed by atoms with Crippen molar-refractivity contribution in [1.29, 1.82) is 0 Å². The Bertz CT molecular complexity index is 977. The van der Waals surface area contributed by atoms with Crippen LogP contribution in [-0.4, -0.2) is 0 Å². The van der Waals surface area contributed by atoms with E-state index in [1.807, 2.05) is 12.1 Å². The quantitative estimate of drug-likeness (QED) is 0.495. The lowest BCUT2D eigenvalue weighted by Gasteiger charge is -2.38. The van der Waals surface area contributed by atoms with Crippen LogP contribution in [0.25, 0.3) is 11.1 Å². The highest BCUT2D eigenvalue weighted by atomic mass is 35.5. The second-order valence-corrected chi connectivity index (χ2v) is 7.57. The molecule has 0 saturated heterocycles. The van der Waals surface area contributed by atoms with Crippen molar-refractivity contribution in [3.05, 3.63) is 101 Å². The van der Waals surface area contributed by atoms with Crippen molar-refractivity contribution in [3.63, 3.8) is 0 Å². The van der Waals surface area contributed by atoms with Crippen LogP contribution >= 0.6 is 11.6 Å². The van der Waals surface area contributed by atoms with Crippen molar-refractivity contribution in [2.45, 2.75) is 18.4 Å². The molecular weight excluding hydrogens is 338 g/mol. The number of allylic oxidation sites excluding steroid dienone is 2. The van der Waals surface area contributed by atoms with Gasteiger partial charge in [-0.2, -0.15) is 0 Å². The summed E-state index contributed by atoms with van der Waals surface area (Å²) in [6.07, 6.45) is 5.79. The number of rotatable bonds is 2. The molecule has 0 radical (unpaired) electrons. The maximum Gasteiger partial charge on any atom is 0.0568 e. The van der Waals surface area contributed by atoms with E-state index in [0.29, 0.717) is 11.8 Å². The average molecular weight is 358 g/mol. The molecule has 0 unspecified atom stereocenters.